The van der Waals surface area contributed by atoms with Gasteiger partial charge < -0.3 is 15.5 Å². The SMILES string of the molecule is CCc1ccccc1NC(=O)CNC(=O)C[NH+]1CCCC[C@H]1C. The van der Waals surface area contributed by atoms with Crippen LogP contribution in [-0.2, 0) is 16.0 Å². The Bertz CT molecular complexity index is 545. The number of benzene rings is 1. The summed E-state index contributed by atoms with van der Waals surface area (Å²) in [6, 6.07) is 8.26. The Morgan fingerprint density at radius 1 is 1.22 bits per heavy atom. The van der Waals surface area contributed by atoms with Gasteiger partial charge in [-0.2, -0.15) is 0 Å². The molecule has 0 bridgehead atoms. The zero-order valence-electron chi connectivity index (χ0n) is 14.2. The number of piperidine rings is 1. The van der Waals surface area contributed by atoms with Crippen molar-refractivity contribution in [2.75, 3.05) is 25.0 Å². The molecular formula is C18H28N3O2+. The molecule has 1 aromatic rings. The van der Waals surface area contributed by atoms with Crippen LogP contribution in [0.4, 0.5) is 5.69 Å². The summed E-state index contributed by atoms with van der Waals surface area (Å²) in [5.41, 5.74) is 1.92. The van der Waals surface area contributed by atoms with E-state index in [0.29, 0.717) is 12.6 Å². The molecule has 1 saturated heterocycles. The van der Waals surface area contributed by atoms with Crippen molar-refractivity contribution in [3.05, 3.63) is 29.8 Å². The van der Waals surface area contributed by atoms with Gasteiger partial charge in [0.05, 0.1) is 19.1 Å². The molecule has 23 heavy (non-hydrogen) atoms. The van der Waals surface area contributed by atoms with Gasteiger partial charge in [0.15, 0.2) is 6.54 Å². The number of aryl methyl sites for hydroxylation is 1. The number of para-hydroxylation sites is 1. The molecule has 5 heteroatoms. The molecule has 1 fully saturated rings. The molecule has 5 nitrogen and oxygen atoms in total. The largest absolute Gasteiger partial charge is 0.342 e. The summed E-state index contributed by atoms with van der Waals surface area (Å²) in [5, 5.41) is 5.60. The zero-order chi connectivity index (χ0) is 16.7. The smallest absolute Gasteiger partial charge is 0.275 e. The molecule has 2 atom stereocenters. The summed E-state index contributed by atoms with van der Waals surface area (Å²) in [5.74, 6) is -0.228. The van der Waals surface area contributed by atoms with Crippen LogP contribution in [0.5, 0.6) is 0 Å². The van der Waals surface area contributed by atoms with Crippen molar-refractivity contribution in [3.63, 3.8) is 0 Å². The molecule has 0 saturated carbocycles. The van der Waals surface area contributed by atoms with Crippen molar-refractivity contribution < 1.29 is 14.5 Å². The van der Waals surface area contributed by atoms with Gasteiger partial charge in [-0.05, 0) is 44.2 Å². The van der Waals surface area contributed by atoms with Crippen LogP contribution >= 0.6 is 0 Å². The Balaban J connectivity index is 1.76. The average Bonchev–Trinajstić information content (AvgIpc) is 2.55. The fourth-order valence-electron chi connectivity index (χ4n) is 3.11. The number of likely N-dealkylation sites (tertiary alicyclic amines) is 1. The lowest BCUT2D eigenvalue weighted by atomic mass is 10.0. The molecule has 1 aromatic carbocycles. The lowest BCUT2D eigenvalue weighted by Crippen LogP contribution is -3.17. The first-order chi connectivity index (χ1) is 11.1. The predicted octanol–water partition coefficient (Wildman–Crippen LogP) is 0.761. The number of nitrogens with one attached hydrogen (secondary N) is 3. The van der Waals surface area contributed by atoms with E-state index in [-0.39, 0.29) is 18.4 Å². The predicted molar refractivity (Wildman–Crippen MR) is 91.5 cm³/mol. The van der Waals surface area contributed by atoms with E-state index in [4.69, 9.17) is 0 Å². The molecule has 0 aliphatic carbocycles. The van der Waals surface area contributed by atoms with Crippen LogP contribution in [0.3, 0.4) is 0 Å². The van der Waals surface area contributed by atoms with Crippen LogP contribution in [0.2, 0.25) is 0 Å². The number of carbonyl (C=O) groups excluding carboxylic acids is 2. The zero-order valence-corrected chi connectivity index (χ0v) is 14.2. The Morgan fingerprint density at radius 3 is 2.74 bits per heavy atom. The summed E-state index contributed by atoms with van der Waals surface area (Å²) in [6.45, 7) is 5.77. The maximum absolute atomic E-state index is 12.0. The molecule has 2 rings (SSSR count). The second kappa shape index (κ2) is 8.67. The fraction of sp³-hybridized carbons (Fsp3) is 0.556. The van der Waals surface area contributed by atoms with E-state index in [9.17, 15) is 9.59 Å². The summed E-state index contributed by atoms with van der Waals surface area (Å²) < 4.78 is 0. The first-order valence-electron chi connectivity index (χ1n) is 8.59. The summed E-state index contributed by atoms with van der Waals surface area (Å²) in [4.78, 5) is 25.4. The van der Waals surface area contributed by atoms with Crippen LogP contribution in [0.1, 0.15) is 38.7 Å². The van der Waals surface area contributed by atoms with E-state index in [2.05, 4.69) is 24.5 Å². The molecule has 1 aliphatic heterocycles. The topological polar surface area (TPSA) is 62.6 Å². The highest BCUT2D eigenvalue weighted by molar-refractivity contribution is 5.95. The molecule has 2 amide bonds. The quantitative estimate of drug-likeness (QED) is 0.725. The molecular weight excluding hydrogens is 290 g/mol. The highest BCUT2D eigenvalue weighted by Gasteiger charge is 2.24. The highest BCUT2D eigenvalue weighted by Crippen LogP contribution is 2.14. The third-order valence-corrected chi connectivity index (χ3v) is 4.59. The van der Waals surface area contributed by atoms with Gasteiger partial charge in [0.25, 0.3) is 5.91 Å². The van der Waals surface area contributed by atoms with Crippen LogP contribution in [0, 0.1) is 0 Å². The second-order valence-electron chi connectivity index (χ2n) is 6.32. The van der Waals surface area contributed by atoms with Crippen molar-refractivity contribution in [1.29, 1.82) is 0 Å². The van der Waals surface area contributed by atoms with Crippen LogP contribution in [0.25, 0.3) is 0 Å². The van der Waals surface area contributed by atoms with Crippen LogP contribution in [-0.4, -0.2) is 37.5 Å². The lowest BCUT2D eigenvalue weighted by Gasteiger charge is -2.29. The van der Waals surface area contributed by atoms with Gasteiger partial charge in [-0.1, -0.05) is 25.1 Å². The average molecular weight is 318 g/mol. The third-order valence-electron chi connectivity index (χ3n) is 4.59. The summed E-state index contributed by atoms with van der Waals surface area (Å²) in [6.07, 6.45) is 4.47. The summed E-state index contributed by atoms with van der Waals surface area (Å²) in [7, 11) is 0. The Morgan fingerprint density at radius 2 is 2.00 bits per heavy atom. The number of quaternary nitrogens is 1. The van der Waals surface area contributed by atoms with Crippen LogP contribution < -0.4 is 15.5 Å². The molecule has 3 N–H and O–H groups in total. The van der Waals surface area contributed by atoms with Crippen molar-refractivity contribution >= 4 is 17.5 Å². The van der Waals surface area contributed by atoms with E-state index < -0.39 is 0 Å². The van der Waals surface area contributed by atoms with Crippen molar-refractivity contribution in [3.8, 4) is 0 Å². The minimum Gasteiger partial charge on any atom is -0.342 e. The Hall–Kier alpha value is -1.88. The van der Waals surface area contributed by atoms with E-state index in [1.165, 1.54) is 24.2 Å². The molecule has 1 aliphatic rings. The van der Waals surface area contributed by atoms with Crippen LogP contribution in [0.15, 0.2) is 24.3 Å². The number of amides is 2. The van der Waals surface area contributed by atoms with Crippen molar-refractivity contribution in [1.82, 2.24) is 5.32 Å². The Kier molecular flexibility index (Phi) is 6.59. The van der Waals surface area contributed by atoms with E-state index in [1.807, 2.05) is 24.3 Å². The maximum Gasteiger partial charge on any atom is 0.275 e. The molecule has 1 heterocycles. The molecule has 0 spiro atoms. The standard InChI is InChI=1S/C18H27N3O2/c1-3-15-9-4-5-10-16(15)20-17(22)12-19-18(23)13-21-11-7-6-8-14(21)2/h4-5,9-10,14H,3,6-8,11-13H2,1-2H3,(H,19,23)(H,20,22)/p+1/t14-/m1/s1. The monoisotopic (exact) mass is 318 g/mol. The molecule has 1 unspecified atom stereocenters. The van der Waals surface area contributed by atoms with E-state index in [1.54, 1.807) is 0 Å². The third kappa shape index (κ3) is 5.36. The highest BCUT2D eigenvalue weighted by atomic mass is 16.2. The first-order valence-corrected chi connectivity index (χ1v) is 8.59. The van der Waals surface area contributed by atoms with Gasteiger partial charge >= 0.3 is 0 Å². The van der Waals surface area contributed by atoms with Gasteiger partial charge in [0.1, 0.15) is 0 Å². The minimum atomic E-state index is -0.180. The second-order valence-corrected chi connectivity index (χ2v) is 6.32. The lowest BCUT2D eigenvalue weighted by molar-refractivity contribution is -0.920. The van der Waals surface area contributed by atoms with Crippen molar-refractivity contribution in [2.45, 2.75) is 45.6 Å². The number of anilines is 1. The number of carbonyl (C=O) groups is 2. The van der Waals surface area contributed by atoms with Gasteiger partial charge in [-0.3, -0.25) is 9.59 Å². The summed E-state index contributed by atoms with van der Waals surface area (Å²) >= 11 is 0. The van der Waals surface area contributed by atoms with Gasteiger partial charge in [-0.25, -0.2) is 0 Å². The maximum atomic E-state index is 12.0. The van der Waals surface area contributed by atoms with E-state index >= 15 is 0 Å². The molecule has 126 valence electrons. The number of rotatable bonds is 6. The first kappa shape index (κ1) is 17.5. The normalized spacial score (nSPS) is 20.8. The minimum absolute atomic E-state index is 0.0263. The number of hydrogen-bond acceptors (Lipinski definition) is 2. The van der Waals surface area contributed by atoms with Crippen molar-refractivity contribution in [2.24, 2.45) is 0 Å². The molecule has 0 aromatic heterocycles. The van der Waals surface area contributed by atoms with Gasteiger partial charge in [-0.15, -0.1) is 0 Å². The van der Waals surface area contributed by atoms with Gasteiger partial charge in [0, 0.05) is 5.69 Å². The number of hydrogen-bond donors (Lipinski definition) is 3. The fourth-order valence-corrected chi connectivity index (χ4v) is 3.11. The molecule has 0 radical (unpaired) electrons. The van der Waals surface area contributed by atoms with E-state index in [0.717, 1.165) is 24.2 Å². The Labute approximate surface area is 138 Å². The van der Waals surface area contributed by atoms with Gasteiger partial charge in [0.2, 0.25) is 5.91 Å².